The summed E-state index contributed by atoms with van der Waals surface area (Å²) in [5, 5.41) is 10.4. The van der Waals surface area contributed by atoms with Gasteiger partial charge in [0.15, 0.2) is 6.29 Å². The van der Waals surface area contributed by atoms with E-state index in [0.717, 1.165) is 11.1 Å². The van der Waals surface area contributed by atoms with Crippen molar-refractivity contribution in [2.24, 2.45) is 0 Å². The van der Waals surface area contributed by atoms with Crippen molar-refractivity contribution in [2.75, 3.05) is 13.7 Å². The van der Waals surface area contributed by atoms with Crippen LogP contribution >= 0.6 is 0 Å². The molecule has 0 amide bonds. The average molecular weight is 344 g/mol. The van der Waals surface area contributed by atoms with E-state index in [1.54, 1.807) is 0 Å². The molecule has 1 saturated heterocycles. The van der Waals surface area contributed by atoms with Crippen LogP contribution in [0.3, 0.4) is 0 Å². The van der Waals surface area contributed by atoms with Gasteiger partial charge in [-0.2, -0.15) is 0 Å². The van der Waals surface area contributed by atoms with Crippen molar-refractivity contribution < 1.29 is 24.1 Å². The molecule has 0 aliphatic carbocycles. The molecule has 0 radical (unpaired) electrons. The van der Waals surface area contributed by atoms with Gasteiger partial charge in [0.1, 0.15) is 18.3 Å². The molecule has 1 fully saturated rings. The minimum Gasteiger partial charge on any atom is -0.385 e. The lowest BCUT2D eigenvalue weighted by Crippen LogP contribution is -2.37. The highest BCUT2D eigenvalue weighted by Crippen LogP contribution is 2.26. The smallest absolute Gasteiger partial charge is 0.186 e. The average Bonchev–Trinajstić information content (AvgIpc) is 2.97. The second-order valence-electron chi connectivity index (χ2n) is 6.03. The Hall–Kier alpha value is -1.76. The summed E-state index contributed by atoms with van der Waals surface area (Å²) >= 11 is 0. The molecule has 2 unspecified atom stereocenters. The van der Waals surface area contributed by atoms with Gasteiger partial charge < -0.3 is 24.1 Å². The highest BCUT2D eigenvalue weighted by Gasteiger charge is 2.44. The zero-order valence-corrected chi connectivity index (χ0v) is 14.3. The Morgan fingerprint density at radius 1 is 0.920 bits per heavy atom. The number of methoxy groups -OCH3 is 1. The highest BCUT2D eigenvalue weighted by atomic mass is 16.7. The van der Waals surface area contributed by atoms with E-state index in [1.807, 2.05) is 60.7 Å². The molecule has 2 aromatic carbocycles. The molecule has 0 saturated carbocycles. The second-order valence-corrected chi connectivity index (χ2v) is 6.03. The summed E-state index contributed by atoms with van der Waals surface area (Å²) in [5.74, 6) is 0. The van der Waals surface area contributed by atoms with E-state index < -0.39 is 18.5 Å². The molecular formula is C20H24O5. The zero-order valence-electron chi connectivity index (χ0n) is 14.3. The van der Waals surface area contributed by atoms with Crippen LogP contribution in [0.2, 0.25) is 0 Å². The third-order valence-corrected chi connectivity index (χ3v) is 4.20. The molecular weight excluding hydrogens is 320 g/mol. The summed E-state index contributed by atoms with van der Waals surface area (Å²) in [4.78, 5) is 0. The van der Waals surface area contributed by atoms with Gasteiger partial charge >= 0.3 is 0 Å². The Labute approximate surface area is 148 Å². The second kappa shape index (κ2) is 9.08. The molecule has 0 aromatic heterocycles. The molecule has 1 aliphatic rings. The van der Waals surface area contributed by atoms with E-state index in [0.29, 0.717) is 19.8 Å². The van der Waals surface area contributed by atoms with Gasteiger partial charge in [0.25, 0.3) is 0 Å². The van der Waals surface area contributed by atoms with Crippen molar-refractivity contribution >= 4 is 0 Å². The molecule has 134 valence electrons. The number of rotatable bonds is 8. The predicted octanol–water partition coefficient (Wildman–Crippen LogP) is 2.52. The molecule has 3 rings (SSSR count). The predicted molar refractivity (Wildman–Crippen MR) is 92.8 cm³/mol. The van der Waals surface area contributed by atoms with Crippen LogP contribution in [0.15, 0.2) is 60.7 Å². The van der Waals surface area contributed by atoms with Crippen LogP contribution in [-0.2, 0) is 32.2 Å². The maximum atomic E-state index is 10.4. The van der Waals surface area contributed by atoms with Gasteiger partial charge in [-0.1, -0.05) is 60.7 Å². The first-order valence-corrected chi connectivity index (χ1v) is 8.41. The Morgan fingerprint density at radius 3 is 2.12 bits per heavy atom. The quantitative estimate of drug-likeness (QED) is 0.797. The summed E-state index contributed by atoms with van der Waals surface area (Å²) in [6.45, 7) is 1.21. The Morgan fingerprint density at radius 2 is 1.52 bits per heavy atom. The van der Waals surface area contributed by atoms with E-state index >= 15 is 0 Å². The van der Waals surface area contributed by atoms with Crippen molar-refractivity contribution in [2.45, 2.75) is 37.8 Å². The Balaban J connectivity index is 1.55. The van der Waals surface area contributed by atoms with Gasteiger partial charge in [0.05, 0.1) is 19.8 Å². The molecule has 2 aromatic rings. The number of ether oxygens (including phenoxy) is 4. The lowest BCUT2D eigenvalue weighted by Gasteiger charge is -2.20. The Kier molecular flexibility index (Phi) is 6.55. The molecule has 0 spiro atoms. The van der Waals surface area contributed by atoms with Crippen molar-refractivity contribution in [3.05, 3.63) is 71.8 Å². The van der Waals surface area contributed by atoms with Gasteiger partial charge in [-0.15, -0.1) is 0 Å². The standard InChI is InChI=1S/C20H24O5/c1-22-20-18(21)19(24-13-16-10-6-3-7-11-16)17(25-20)14-23-12-15-8-4-2-5-9-15/h2-11,17-21H,12-14H2,1H3/t17-,18?,19-,20?/m1/s1. The molecule has 1 N–H and O–H groups in total. The van der Waals surface area contributed by atoms with Crippen molar-refractivity contribution in [1.29, 1.82) is 0 Å². The van der Waals surface area contributed by atoms with E-state index in [-0.39, 0.29) is 6.10 Å². The normalized spacial score (nSPS) is 26.0. The van der Waals surface area contributed by atoms with Crippen LogP contribution in [0.5, 0.6) is 0 Å². The minimum absolute atomic E-state index is 0.325. The van der Waals surface area contributed by atoms with E-state index in [4.69, 9.17) is 18.9 Å². The molecule has 5 nitrogen and oxygen atoms in total. The van der Waals surface area contributed by atoms with E-state index in [2.05, 4.69) is 0 Å². The van der Waals surface area contributed by atoms with Crippen molar-refractivity contribution in [3.63, 3.8) is 0 Å². The van der Waals surface area contributed by atoms with Gasteiger partial charge in [-0.05, 0) is 11.1 Å². The third-order valence-electron chi connectivity index (χ3n) is 4.20. The SMILES string of the molecule is COC1O[C@H](COCc2ccccc2)[C@@H](OCc2ccccc2)C1O. The number of hydrogen-bond acceptors (Lipinski definition) is 5. The summed E-state index contributed by atoms with van der Waals surface area (Å²) in [6, 6.07) is 19.8. The van der Waals surface area contributed by atoms with Gasteiger partial charge in [-0.3, -0.25) is 0 Å². The van der Waals surface area contributed by atoms with Crippen molar-refractivity contribution in [1.82, 2.24) is 0 Å². The summed E-state index contributed by atoms with van der Waals surface area (Å²) in [6.07, 6.45) is -2.43. The van der Waals surface area contributed by atoms with Crippen LogP contribution in [-0.4, -0.2) is 43.4 Å². The molecule has 0 bridgehead atoms. The van der Waals surface area contributed by atoms with Gasteiger partial charge in [0, 0.05) is 7.11 Å². The fourth-order valence-electron chi connectivity index (χ4n) is 2.87. The first-order valence-electron chi connectivity index (χ1n) is 8.41. The molecule has 4 atom stereocenters. The van der Waals surface area contributed by atoms with Crippen LogP contribution < -0.4 is 0 Å². The van der Waals surface area contributed by atoms with Crippen molar-refractivity contribution in [3.8, 4) is 0 Å². The fraction of sp³-hybridized carbons (Fsp3) is 0.400. The fourth-order valence-corrected chi connectivity index (χ4v) is 2.87. The molecule has 5 heteroatoms. The number of hydrogen-bond donors (Lipinski definition) is 1. The Bertz CT molecular complexity index is 618. The first kappa shape index (κ1) is 18.0. The molecule has 1 aliphatic heterocycles. The number of aliphatic hydroxyl groups excluding tert-OH is 1. The first-order chi connectivity index (χ1) is 12.3. The van der Waals surface area contributed by atoms with Gasteiger partial charge in [-0.25, -0.2) is 0 Å². The summed E-state index contributed by atoms with van der Waals surface area (Å²) in [7, 11) is 1.51. The topological polar surface area (TPSA) is 57.2 Å². The van der Waals surface area contributed by atoms with Gasteiger partial charge in [0.2, 0.25) is 0 Å². The van der Waals surface area contributed by atoms with Crippen LogP contribution in [0.1, 0.15) is 11.1 Å². The lowest BCUT2D eigenvalue weighted by molar-refractivity contribution is -0.156. The van der Waals surface area contributed by atoms with Crippen LogP contribution in [0, 0.1) is 0 Å². The maximum absolute atomic E-state index is 10.4. The van der Waals surface area contributed by atoms with E-state index in [1.165, 1.54) is 7.11 Å². The minimum atomic E-state index is -0.848. The number of aliphatic hydroxyl groups is 1. The highest BCUT2D eigenvalue weighted by molar-refractivity contribution is 5.14. The molecule has 1 heterocycles. The summed E-state index contributed by atoms with van der Waals surface area (Å²) < 4.78 is 22.6. The van der Waals surface area contributed by atoms with E-state index in [9.17, 15) is 5.11 Å². The largest absolute Gasteiger partial charge is 0.385 e. The maximum Gasteiger partial charge on any atom is 0.186 e. The number of benzene rings is 2. The zero-order chi connectivity index (χ0) is 17.5. The lowest BCUT2D eigenvalue weighted by atomic mass is 10.1. The third kappa shape index (κ3) is 4.87. The monoisotopic (exact) mass is 344 g/mol. The van der Waals surface area contributed by atoms with Crippen LogP contribution in [0.4, 0.5) is 0 Å². The molecule has 25 heavy (non-hydrogen) atoms. The van der Waals surface area contributed by atoms with Crippen LogP contribution in [0.25, 0.3) is 0 Å². The summed E-state index contributed by atoms with van der Waals surface area (Å²) in [5.41, 5.74) is 2.13.